The number of rotatable bonds is 7. The monoisotopic (exact) mass is 344 g/mol. The van der Waals surface area contributed by atoms with Gasteiger partial charge >= 0.3 is 5.97 Å². The number of benzene rings is 1. The van der Waals surface area contributed by atoms with Gasteiger partial charge in [0.2, 0.25) is 5.91 Å². The van der Waals surface area contributed by atoms with Crippen LogP contribution >= 0.6 is 0 Å². The van der Waals surface area contributed by atoms with Gasteiger partial charge in [0.05, 0.1) is 0 Å². The number of likely N-dealkylation sites (tertiary alicyclic amines) is 1. The Morgan fingerprint density at radius 2 is 1.88 bits per heavy atom. The number of carboxylic acids is 1. The number of hydrogen-bond donors (Lipinski definition) is 2. The van der Waals surface area contributed by atoms with Gasteiger partial charge in [-0.05, 0) is 37.8 Å². The summed E-state index contributed by atoms with van der Waals surface area (Å²) < 4.78 is 0. The van der Waals surface area contributed by atoms with Crippen LogP contribution in [-0.2, 0) is 9.59 Å². The highest BCUT2D eigenvalue weighted by atomic mass is 16.4. The number of amides is 2. The van der Waals surface area contributed by atoms with E-state index in [0.717, 1.165) is 0 Å². The number of nitrogens with one attached hydrogen (secondary N) is 1. The molecule has 0 bridgehead atoms. The zero-order chi connectivity index (χ0) is 18.2. The second kappa shape index (κ2) is 9.01. The van der Waals surface area contributed by atoms with Crippen LogP contribution in [0.5, 0.6) is 0 Å². The molecule has 1 saturated heterocycles. The highest BCUT2D eigenvalue weighted by Crippen LogP contribution is 2.19. The van der Waals surface area contributed by atoms with E-state index in [1.54, 1.807) is 23.1 Å². The minimum Gasteiger partial charge on any atom is -0.480 e. The van der Waals surface area contributed by atoms with E-state index in [2.05, 4.69) is 11.9 Å². The highest BCUT2D eigenvalue weighted by Gasteiger charge is 2.30. The summed E-state index contributed by atoms with van der Waals surface area (Å²) in [7, 11) is 0. The number of piperidine rings is 1. The molecule has 1 aliphatic heterocycles. The van der Waals surface area contributed by atoms with Crippen molar-refractivity contribution in [3.63, 3.8) is 0 Å². The first-order valence-corrected chi connectivity index (χ1v) is 8.51. The molecular weight excluding hydrogens is 320 g/mol. The molecule has 6 nitrogen and oxygen atoms in total. The minimum absolute atomic E-state index is 0.0335. The first-order chi connectivity index (χ1) is 12.0. The fourth-order valence-corrected chi connectivity index (χ4v) is 2.94. The lowest BCUT2D eigenvalue weighted by molar-refractivity contribution is -0.142. The summed E-state index contributed by atoms with van der Waals surface area (Å²) in [5.41, 5.74) is 0.640. The standard InChI is InChI=1S/C19H24N2O4/c1-2-3-9-16(19(24)25)20-17(22)14-10-12-21(13-11-14)18(23)15-7-5-4-6-8-15/h2,4-8,14,16H,1,3,9-13H2,(H,20,22)(H,24,25). The summed E-state index contributed by atoms with van der Waals surface area (Å²) in [6, 6.07) is 8.16. The maximum absolute atomic E-state index is 12.4. The van der Waals surface area contributed by atoms with Crippen molar-refractivity contribution in [2.45, 2.75) is 31.7 Å². The van der Waals surface area contributed by atoms with Gasteiger partial charge in [-0.15, -0.1) is 6.58 Å². The molecule has 134 valence electrons. The number of nitrogens with zero attached hydrogens (tertiary/aromatic N) is 1. The lowest BCUT2D eigenvalue weighted by atomic mass is 9.94. The fraction of sp³-hybridized carbons (Fsp3) is 0.421. The van der Waals surface area contributed by atoms with Crippen LogP contribution in [0.4, 0.5) is 0 Å². The molecule has 1 aromatic carbocycles. The van der Waals surface area contributed by atoms with Gasteiger partial charge in [-0.3, -0.25) is 9.59 Å². The molecule has 1 aromatic rings. The van der Waals surface area contributed by atoms with Crippen LogP contribution in [0.1, 0.15) is 36.0 Å². The number of allylic oxidation sites excluding steroid dienone is 1. The summed E-state index contributed by atoms with van der Waals surface area (Å²) in [5, 5.41) is 11.8. The molecule has 0 spiro atoms. The molecular formula is C19H24N2O4. The Morgan fingerprint density at radius 1 is 1.24 bits per heavy atom. The Bertz CT molecular complexity index is 622. The molecule has 1 atom stereocenters. The highest BCUT2D eigenvalue weighted by molar-refractivity contribution is 5.94. The molecule has 0 saturated carbocycles. The van der Waals surface area contributed by atoms with Gasteiger partial charge in [0.15, 0.2) is 0 Å². The molecule has 1 unspecified atom stereocenters. The Kier molecular flexibility index (Phi) is 6.74. The summed E-state index contributed by atoms with van der Waals surface area (Å²) in [4.78, 5) is 37.7. The number of carboxylic acid groups (broad SMARTS) is 1. The summed E-state index contributed by atoms with van der Waals surface area (Å²) in [6.45, 7) is 4.56. The Morgan fingerprint density at radius 3 is 2.44 bits per heavy atom. The molecule has 2 amide bonds. The molecule has 25 heavy (non-hydrogen) atoms. The molecule has 0 aromatic heterocycles. The molecule has 1 fully saturated rings. The molecule has 0 radical (unpaired) electrons. The number of carbonyl (C=O) groups excluding carboxylic acids is 2. The van der Waals surface area contributed by atoms with Crippen molar-refractivity contribution >= 4 is 17.8 Å². The number of aliphatic carboxylic acids is 1. The molecule has 1 heterocycles. The first-order valence-electron chi connectivity index (χ1n) is 8.51. The smallest absolute Gasteiger partial charge is 0.326 e. The van der Waals surface area contributed by atoms with E-state index in [4.69, 9.17) is 0 Å². The van der Waals surface area contributed by atoms with Crippen LogP contribution in [0.25, 0.3) is 0 Å². The predicted molar refractivity (Wildman–Crippen MR) is 94.1 cm³/mol. The number of carbonyl (C=O) groups is 3. The third kappa shape index (κ3) is 5.17. The lowest BCUT2D eigenvalue weighted by Gasteiger charge is -2.32. The van der Waals surface area contributed by atoms with Gasteiger partial charge in [-0.1, -0.05) is 24.3 Å². The van der Waals surface area contributed by atoms with Crippen molar-refractivity contribution in [2.24, 2.45) is 5.92 Å². The number of hydrogen-bond acceptors (Lipinski definition) is 3. The van der Waals surface area contributed by atoms with Crippen molar-refractivity contribution in [2.75, 3.05) is 13.1 Å². The zero-order valence-corrected chi connectivity index (χ0v) is 14.2. The molecule has 6 heteroatoms. The van der Waals surface area contributed by atoms with E-state index in [-0.39, 0.29) is 17.7 Å². The van der Waals surface area contributed by atoms with Crippen LogP contribution in [0.2, 0.25) is 0 Å². The zero-order valence-electron chi connectivity index (χ0n) is 14.2. The fourth-order valence-electron chi connectivity index (χ4n) is 2.94. The second-order valence-electron chi connectivity index (χ2n) is 6.20. The van der Waals surface area contributed by atoms with Crippen molar-refractivity contribution in [3.05, 3.63) is 48.6 Å². The van der Waals surface area contributed by atoms with Gasteiger partial charge in [0.25, 0.3) is 5.91 Å². The van der Waals surface area contributed by atoms with Crippen molar-refractivity contribution < 1.29 is 19.5 Å². The van der Waals surface area contributed by atoms with Gasteiger partial charge < -0.3 is 15.3 Å². The van der Waals surface area contributed by atoms with Crippen LogP contribution in [0, 0.1) is 5.92 Å². The molecule has 1 aliphatic rings. The largest absolute Gasteiger partial charge is 0.480 e. The second-order valence-corrected chi connectivity index (χ2v) is 6.20. The summed E-state index contributed by atoms with van der Waals surface area (Å²) in [5.74, 6) is -1.57. The van der Waals surface area contributed by atoms with Gasteiger partial charge in [-0.2, -0.15) is 0 Å². The van der Waals surface area contributed by atoms with E-state index in [1.165, 1.54) is 0 Å². The Labute approximate surface area is 147 Å². The van der Waals surface area contributed by atoms with Crippen molar-refractivity contribution in [3.8, 4) is 0 Å². The maximum Gasteiger partial charge on any atom is 0.326 e. The Hall–Kier alpha value is -2.63. The molecule has 2 N–H and O–H groups in total. The van der Waals surface area contributed by atoms with Crippen molar-refractivity contribution in [1.29, 1.82) is 0 Å². The maximum atomic E-state index is 12.4. The predicted octanol–water partition coefficient (Wildman–Crippen LogP) is 2.07. The van der Waals surface area contributed by atoms with E-state index in [0.29, 0.717) is 44.3 Å². The first kappa shape index (κ1) is 18.7. The third-order valence-electron chi connectivity index (χ3n) is 4.45. The third-order valence-corrected chi connectivity index (χ3v) is 4.45. The summed E-state index contributed by atoms with van der Waals surface area (Å²) >= 11 is 0. The normalized spacial score (nSPS) is 16.1. The molecule has 2 rings (SSSR count). The average Bonchev–Trinajstić information content (AvgIpc) is 2.65. The Balaban J connectivity index is 1.86. The minimum atomic E-state index is -1.04. The average molecular weight is 344 g/mol. The topological polar surface area (TPSA) is 86.7 Å². The van der Waals surface area contributed by atoms with E-state index >= 15 is 0 Å². The molecule has 0 aliphatic carbocycles. The lowest BCUT2D eigenvalue weighted by Crippen LogP contribution is -2.47. The van der Waals surface area contributed by atoms with Crippen LogP contribution in [0.15, 0.2) is 43.0 Å². The van der Waals surface area contributed by atoms with Gasteiger partial charge in [0, 0.05) is 24.6 Å². The van der Waals surface area contributed by atoms with E-state index in [9.17, 15) is 19.5 Å². The quantitative estimate of drug-likeness (QED) is 0.742. The van der Waals surface area contributed by atoms with Crippen LogP contribution in [0.3, 0.4) is 0 Å². The van der Waals surface area contributed by atoms with Crippen LogP contribution in [-0.4, -0.2) is 46.9 Å². The van der Waals surface area contributed by atoms with Crippen molar-refractivity contribution in [1.82, 2.24) is 10.2 Å². The van der Waals surface area contributed by atoms with Gasteiger partial charge in [-0.25, -0.2) is 4.79 Å². The van der Waals surface area contributed by atoms with Crippen LogP contribution < -0.4 is 5.32 Å². The van der Waals surface area contributed by atoms with E-state index in [1.807, 2.05) is 18.2 Å². The SMILES string of the molecule is C=CCCC(NC(=O)C1CCN(C(=O)c2ccccc2)CC1)C(=O)O. The summed E-state index contributed by atoms with van der Waals surface area (Å²) in [6.07, 6.45) is 3.57. The van der Waals surface area contributed by atoms with Gasteiger partial charge in [0.1, 0.15) is 6.04 Å². The van der Waals surface area contributed by atoms with E-state index < -0.39 is 12.0 Å².